The number of hydrogen-bond donors (Lipinski definition) is 1. The van der Waals surface area contributed by atoms with Crippen molar-refractivity contribution < 1.29 is 19.1 Å². The first kappa shape index (κ1) is 13.0. The summed E-state index contributed by atoms with van der Waals surface area (Å²) in [6, 6.07) is 7.90. The van der Waals surface area contributed by atoms with Crippen LogP contribution in [-0.4, -0.2) is 16.7 Å². The average molecular weight is 289 g/mol. The van der Waals surface area contributed by atoms with E-state index in [-0.39, 0.29) is 30.8 Å². The van der Waals surface area contributed by atoms with Crippen LogP contribution in [0.1, 0.15) is 5.56 Å². The van der Waals surface area contributed by atoms with Crippen LogP contribution in [0.15, 0.2) is 30.3 Å². The summed E-state index contributed by atoms with van der Waals surface area (Å²) < 4.78 is 15.8. The van der Waals surface area contributed by atoms with Crippen molar-refractivity contribution in [1.82, 2.24) is 4.98 Å². The van der Waals surface area contributed by atoms with Crippen molar-refractivity contribution in [3.63, 3.8) is 0 Å². The summed E-state index contributed by atoms with van der Waals surface area (Å²) in [7, 11) is 0. The van der Waals surface area contributed by atoms with Gasteiger partial charge in [-0.05, 0) is 23.8 Å². The lowest BCUT2D eigenvalue weighted by molar-refractivity contribution is -0.386. The monoisotopic (exact) mass is 289 g/mol. The number of rotatable bonds is 4. The normalized spacial score (nSPS) is 12.2. The molecule has 108 valence electrons. The molecule has 1 aromatic heterocycles. The molecule has 0 unspecified atom stereocenters. The maximum atomic E-state index is 10.9. The molecule has 3 rings (SSSR count). The van der Waals surface area contributed by atoms with Gasteiger partial charge in [-0.1, -0.05) is 6.07 Å². The van der Waals surface area contributed by atoms with Gasteiger partial charge in [-0.25, -0.2) is 0 Å². The molecule has 0 saturated heterocycles. The first-order valence-corrected chi connectivity index (χ1v) is 6.06. The summed E-state index contributed by atoms with van der Waals surface area (Å²) in [4.78, 5) is 14.2. The zero-order valence-electron chi connectivity index (χ0n) is 10.8. The van der Waals surface area contributed by atoms with Crippen molar-refractivity contribution in [2.24, 2.45) is 0 Å². The molecule has 0 fully saturated rings. The zero-order chi connectivity index (χ0) is 14.8. The van der Waals surface area contributed by atoms with Gasteiger partial charge in [0, 0.05) is 6.07 Å². The Balaban J connectivity index is 1.78. The maximum Gasteiger partial charge on any atom is 0.331 e. The van der Waals surface area contributed by atoms with E-state index in [9.17, 15) is 10.1 Å². The average Bonchev–Trinajstić information content (AvgIpc) is 2.92. The van der Waals surface area contributed by atoms with Gasteiger partial charge in [-0.3, -0.25) is 10.1 Å². The van der Waals surface area contributed by atoms with E-state index in [0.29, 0.717) is 11.5 Å². The second kappa shape index (κ2) is 5.16. The van der Waals surface area contributed by atoms with Crippen LogP contribution in [0.25, 0.3) is 0 Å². The molecule has 0 amide bonds. The van der Waals surface area contributed by atoms with Crippen LogP contribution in [0.2, 0.25) is 0 Å². The van der Waals surface area contributed by atoms with Gasteiger partial charge < -0.3 is 19.9 Å². The second-order valence-electron chi connectivity index (χ2n) is 4.29. The molecule has 8 heteroatoms. The summed E-state index contributed by atoms with van der Waals surface area (Å²) >= 11 is 0. The number of pyridine rings is 1. The molecule has 2 N–H and O–H groups in total. The molecule has 1 aromatic carbocycles. The van der Waals surface area contributed by atoms with Gasteiger partial charge in [0.15, 0.2) is 11.5 Å². The van der Waals surface area contributed by atoms with Crippen LogP contribution in [0.4, 0.5) is 11.5 Å². The third-order valence-electron chi connectivity index (χ3n) is 2.87. The van der Waals surface area contributed by atoms with E-state index in [1.807, 2.05) is 0 Å². The second-order valence-corrected chi connectivity index (χ2v) is 4.29. The number of anilines is 1. The fourth-order valence-electron chi connectivity index (χ4n) is 1.87. The molecule has 2 heterocycles. The topological polar surface area (TPSA) is 110 Å². The van der Waals surface area contributed by atoms with Gasteiger partial charge in [0.05, 0.1) is 4.92 Å². The molecule has 0 atom stereocenters. The van der Waals surface area contributed by atoms with Crippen LogP contribution >= 0.6 is 0 Å². The minimum absolute atomic E-state index is 0.105. The highest BCUT2D eigenvalue weighted by Gasteiger charge is 2.18. The highest BCUT2D eigenvalue weighted by molar-refractivity contribution is 5.47. The molecular formula is C13H11N3O5. The number of fused-ring (bicyclic) bond motifs is 1. The van der Waals surface area contributed by atoms with Crippen LogP contribution < -0.4 is 19.9 Å². The summed E-state index contributed by atoms with van der Waals surface area (Å²) in [5.41, 5.74) is 6.06. The molecule has 0 spiro atoms. The number of nitrogens with two attached hydrogens (primary N) is 1. The number of benzene rings is 1. The van der Waals surface area contributed by atoms with Crippen molar-refractivity contribution >= 4 is 11.5 Å². The molecule has 21 heavy (non-hydrogen) atoms. The van der Waals surface area contributed by atoms with Gasteiger partial charge in [-0.15, -0.1) is 0 Å². The Morgan fingerprint density at radius 2 is 2.10 bits per heavy atom. The van der Waals surface area contributed by atoms with Gasteiger partial charge >= 0.3 is 5.69 Å². The Morgan fingerprint density at radius 3 is 2.90 bits per heavy atom. The number of ether oxygens (including phenoxy) is 3. The van der Waals surface area contributed by atoms with Gasteiger partial charge in [0.1, 0.15) is 12.4 Å². The zero-order valence-corrected chi connectivity index (χ0v) is 10.8. The Kier molecular flexibility index (Phi) is 3.19. The quantitative estimate of drug-likeness (QED) is 0.675. The predicted molar refractivity (Wildman–Crippen MR) is 72.2 cm³/mol. The van der Waals surface area contributed by atoms with E-state index in [1.165, 1.54) is 12.1 Å². The maximum absolute atomic E-state index is 10.9. The number of nitrogen functional groups attached to an aromatic ring is 1. The Hall–Kier alpha value is -3.03. The molecule has 8 nitrogen and oxygen atoms in total. The van der Waals surface area contributed by atoms with Crippen LogP contribution in [0.3, 0.4) is 0 Å². The van der Waals surface area contributed by atoms with Gasteiger partial charge in [0.25, 0.3) is 5.88 Å². The molecular weight excluding hydrogens is 278 g/mol. The lowest BCUT2D eigenvalue weighted by atomic mass is 10.2. The van der Waals surface area contributed by atoms with Crippen molar-refractivity contribution in [3.8, 4) is 17.4 Å². The van der Waals surface area contributed by atoms with Crippen molar-refractivity contribution in [1.29, 1.82) is 0 Å². The molecule has 0 saturated carbocycles. The smallest absolute Gasteiger partial charge is 0.331 e. The predicted octanol–water partition coefficient (Wildman–Crippen LogP) is 1.88. The number of nitrogens with zero attached hydrogens (tertiary/aromatic N) is 2. The lowest BCUT2D eigenvalue weighted by Crippen LogP contribution is -2.03. The van der Waals surface area contributed by atoms with Crippen LogP contribution in [0, 0.1) is 10.1 Å². The van der Waals surface area contributed by atoms with Crippen LogP contribution in [0.5, 0.6) is 17.4 Å². The fourth-order valence-corrected chi connectivity index (χ4v) is 1.87. The van der Waals surface area contributed by atoms with E-state index in [0.717, 1.165) is 5.56 Å². The highest BCUT2D eigenvalue weighted by atomic mass is 16.7. The van der Waals surface area contributed by atoms with Gasteiger partial charge in [0.2, 0.25) is 6.79 Å². The van der Waals surface area contributed by atoms with E-state index >= 15 is 0 Å². The summed E-state index contributed by atoms with van der Waals surface area (Å²) in [5.74, 6) is 1.32. The SMILES string of the molecule is Nc1ccc([N+](=O)[O-])c(OCc2ccc3c(c2)OCO3)n1. The number of hydrogen-bond acceptors (Lipinski definition) is 7. The number of nitro groups is 1. The molecule has 2 aromatic rings. The minimum Gasteiger partial charge on any atom is -0.468 e. The van der Waals surface area contributed by atoms with Crippen molar-refractivity contribution in [2.75, 3.05) is 12.5 Å². The lowest BCUT2D eigenvalue weighted by Gasteiger charge is -2.07. The molecule has 1 aliphatic heterocycles. The molecule has 1 aliphatic rings. The standard InChI is InChI=1S/C13H11N3O5/c14-12-4-2-9(16(17)18)13(15-12)19-6-8-1-3-10-11(5-8)21-7-20-10/h1-5H,6-7H2,(H2,14,15). The fraction of sp³-hybridized carbons (Fsp3) is 0.154. The largest absolute Gasteiger partial charge is 0.468 e. The number of aromatic nitrogens is 1. The molecule has 0 aliphatic carbocycles. The van der Waals surface area contributed by atoms with E-state index in [1.54, 1.807) is 18.2 Å². The minimum atomic E-state index is -0.568. The first-order chi connectivity index (χ1) is 10.1. The molecule has 0 radical (unpaired) electrons. The summed E-state index contributed by atoms with van der Waals surface area (Å²) in [6.07, 6.45) is 0. The molecule has 0 bridgehead atoms. The summed E-state index contributed by atoms with van der Waals surface area (Å²) in [5, 5.41) is 10.9. The van der Waals surface area contributed by atoms with Crippen LogP contribution in [-0.2, 0) is 6.61 Å². The van der Waals surface area contributed by atoms with Crippen molar-refractivity contribution in [2.45, 2.75) is 6.61 Å². The Bertz CT molecular complexity index is 704. The van der Waals surface area contributed by atoms with Crippen molar-refractivity contribution in [3.05, 3.63) is 46.0 Å². The van der Waals surface area contributed by atoms with E-state index in [4.69, 9.17) is 19.9 Å². The Morgan fingerprint density at radius 1 is 1.29 bits per heavy atom. The third-order valence-corrected chi connectivity index (χ3v) is 2.87. The van der Waals surface area contributed by atoms with Gasteiger partial charge in [-0.2, -0.15) is 4.98 Å². The summed E-state index contributed by atoms with van der Waals surface area (Å²) in [6.45, 7) is 0.288. The van der Waals surface area contributed by atoms with E-state index in [2.05, 4.69) is 4.98 Å². The van der Waals surface area contributed by atoms with E-state index < -0.39 is 4.92 Å². The highest BCUT2D eigenvalue weighted by Crippen LogP contribution is 2.33. The first-order valence-electron chi connectivity index (χ1n) is 6.06. The third kappa shape index (κ3) is 2.64. The Labute approximate surface area is 119 Å².